The molecule has 154 valence electrons. The van der Waals surface area contributed by atoms with Crippen LogP contribution in [0.15, 0.2) is 42.5 Å². The Labute approximate surface area is 181 Å². The van der Waals surface area contributed by atoms with E-state index in [0.29, 0.717) is 22.2 Å². The molecule has 1 heterocycles. The van der Waals surface area contributed by atoms with Gasteiger partial charge >= 0.3 is 0 Å². The molecule has 3 rings (SSSR count). The molecule has 29 heavy (non-hydrogen) atoms. The monoisotopic (exact) mass is 433 g/mol. The minimum Gasteiger partial charge on any atom is -0.372 e. The van der Waals surface area contributed by atoms with Crippen LogP contribution < -0.4 is 10.2 Å². The van der Waals surface area contributed by atoms with Gasteiger partial charge in [0.05, 0.1) is 16.6 Å². The number of benzene rings is 2. The van der Waals surface area contributed by atoms with Gasteiger partial charge in [-0.05, 0) is 55.2 Å². The van der Waals surface area contributed by atoms with Crippen LogP contribution in [0.2, 0.25) is 10.0 Å². The summed E-state index contributed by atoms with van der Waals surface area (Å²) in [5.74, 6) is -0.533. The first kappa shape index (κ1) is 21.5. The van der Waals surface area contributed by atoms with Crippen molar-refractivity contribution in [2.45, 2.75) is 25.8 Å². The van der Waals surface area contributed by atoms with Crippen molar-refractivity contribution in [2.24, 2.45) is 0 Å². The zero-order valence-corrected chi connectivity index (χ0v) is 18.0. The van der Waals surface area contributed by atoms with E-state index in [2.05, 4.69) is 34.5 Å². The highest BCUT2D eigenvalue weighted by atomic mass is 35.5. The number of carbonyl (C=O) groups excluding carboxylic acids is 2. The van der Waals surface area contributed by atoms with E-state index < -0.39 is 0 Å². The lowest BCUT2D eigenvalue weighted by Gasteiger charge is -2.29. The molecular formula is C22H25Cl2N3O2. The average molecular weight is 434 g/mol. The van der Waals surface area contributed by atoms with Gasteiger partial charge in [0, 0.05) is 37.9 Å². The number of nitrogens with zero attached hydrogens (tertiary/aromatic N) is 2. The summed E-state index contributed by atoms with van der Waals surface area (Å²) < 4.78 is 0. The molecule has 2 aromatic rings. The van der Waals surface area contributed by atoms with E-state index in [1.807, 2.05) is 0 Å². The lowest BCUT2D eigenvalue weighted by atomic mass is 10.1. The zero-order valence-electron chi connectivity index (χ0n) is 16.5. The molecule has 0 radical (unpaired) electrons. The molecule has 0 saturated carbocycles. The molecular weight excluding hydrogens is 409 g/mol. The van der Waals surface area contributed by atoms with Crippen molar-refractivity contribution >= 4 is 40.7 Å². The van der Waals surface area contributed by atoms with E-state index in [4.69, 9.17) is 23.2 Å². The highest BCUT2D eigenvalue weighted by molar-refractivity contribution is 6.42. The van der Waals surface area contributed by atoms with Crippen molar-refractivity contribution in [1.29, 1.82) is 0 Å². The number of carbonyl (C=O) groups is 2. The quantitative estimate of drug-likeness (QED) is 0.735. The van der Waals surface area contributed by atoms with Crippen LogP contribution in [-0.4, -0.2) is 43.4 Å². The second-order valence-electron chi connectivity index (χ2n) is 7.28. The topological polar surface area (TPSA) is 52.6 Å². The first-order chi connectivity index (χ1) is 13.9. The van der Waals surface area contributed by atoms with E-state index in [1.165, 1.54) is 31.0 Å². The highest BCUT2D eigenvalue weighted by Gasteiger charge is 2.14. The van der Waals surface area contributed by atoms with E-state index in [-0.39, 0.29) is 18.4 Å². The first-order valence-electron chi connectivity index (χ1n) is 9.75. The number of hydrogen-bond acceptors (Lipinski definition) is 3. The molecule has 0 bridgehead atoms. The second-order valence-corrected chi connectivity index (χ2v) is 8.09. The third kappa shape index (κ3) is 5.87. The smallest absolute Gasteiger partial charge is 0.251 e. The van der Waals surface area contributed by atoms with Crippen LogP contribution in [0.1, 0.15) is 35.2 Å². The normalized spacial score (nSPS) is 13.8. The van der Waals surface area contributed by atoms with Crippen LogP contribution in [0.4, 0.5) is 5.69 Å². The summed E-state index contributed by atoms with van der Waals surface area (Å²) in [6, 6.07) is 13.0. The van der Waals surface area contributed by atoms with Crippen LogP contribution in [0.25, 0.3) is 0 Å². The third-order valence-electron chi connectivity index (χ3n) is 5.09. The summed E-state index contributed by atoms with van der Waals surface area (Å²) >= 11 is 11.8. The fraction of sp³-hybridized carbons (Fsp3) is 0.364. The summed E-state index contributed by atoms with van der Waals surface area (Å²) in [6.07, 6.45) is 3.79. The Morgan fingerprint density at radius 2 is 1.69 bits per heavy atom. The van der Waals surface area contributed by atoms with Crippen LogP contribution in [-0.2, 0) is 11.3 Å². The Bertz CT molecular complexity index is 865. The van der Waals surface area contributed by atoms with E-state index in [1.54, 1.807) is 24.1 Å². The molecule has 7 heteroatoms. The number of hydrogen-bond donors (Lipinski definition) is 1. The number of amides is 2. The van der Waals surface area contributed by atoms with Gasteiger partial charge in [0.2, 0.25) is 5.91 Å². The van der Waals surface area contributed by atoms with Gasteiger partial charge in [-0.1, -0.05) is 35.3 Å². The SMILES string of the molecule is CN(Cc1ccc(N2CCCCC2)cc1)C(=O)CNC(=O)c1ccc(Cl)c(Cl)c1. The molecule has 0 aromatic heterocycles. The molecule has 1 fully saturated rings. The molecule has 1 saturated heterocycles. The molecule has 2 aromatic carbocycles. The maximum Gasteiger partial charge on any atom is 0.251 e. The van der Waals surface area contributed by atoms with Gasteiger partial charge in [-0.3, -0.25) is 9.59 Å². The first-order valence-corrected chi connectivity index (χ1v) is 10.5. The lowest BCUT2D eigenvalue weighted by Crippen LogP contribution is -2.37. The zero-order chi connectivity index (χ0) is 20.8. The maximum atomic E-state index is 12.4. The predicted octanol–water partition coefficient (Wildman–Crippen LogP) is 4.37. The van der Waals surface area contributed by atoms with Gasteiger partial charge in [0.25, 0.3) is 5.91 Å². The van der Waals surface area contributed by atoms with Crippen LogP contribution >= 0.6 is 23.2 Å². The molecule has 0 spiro atoms. The Morgan fingerprint density at radius 1 is 1.00 bits per heavy atom. The summed E-state index contributed by atoms with van der Waals surface area (Å²) in [7, 11) is 1.73. The lowest BCUT2D eigenvalue weighted by molar-refractivity contribution is -0.129. The fourth-order valence-corrected chi connectivity index (χ4v) is 3.65. The summed E-state index contributed by atoms with van der Waals surface area (Å²) in [4.78, 5) is 28.6. The standard InChI is InChI=1S/C22H25Cl2N3O2/c1-26(15-16-5-8-18(9-6-16)27-11-3-2-4-12-27)21(28)14-25-22(29)17-7-10-19(23)20(24)13-17/h5-10,13H,2-4,11-12,14-15H2,1H3,(H,25,29). The number of nitrogens with one attached hydrogen (secondary N) is 1. The Balaban J connectivity index is 1.49. The highest BCUT2D eigenvalue weighted by Crippen LogP contribution is 2.23. The van der Waals surface area contributed by atoms with Crippen LogP contribution in [0.3, 0.4) is 0 Å². The number of anilines is 1. The number of likely N-dealkylation sites (N-methyl/N-ethyl adjacent to an activating group) is 1. The minimum absolute atomic E-state index is 0.0819. The van der Waals surface area contributed by atoms with E-state index in [0.717, 1.165) is 18.7 Å². The summed E-state index contributed by atoms with van der Waals surface area (Å²) in [5, 5.41) is 3.31. The van der Waals surface area contributed by atoms with Crippen molar-refractivity contribution in [1.82, 2.24) is 10.2 Å². The Morgan fingerprint density at radius 3 is 2.34 bits per heavy atom. The van der Waals surface area contributed by atoms with E-state index >= 15 is 0 Å². The summed E-state index contributed by atoms with van der Waals surface area (Å²) in [6.45, 7) is 2.62. The number of piperidine rings is 1. The van der Waals surface area contributed by atoms with Gasteiger partial charge < -0.3 is 15.1 Å². The number of halogens is 2. The van der Waals surface area contributed by atoms with Crippen molar-refractivity contribution in [3.8, 4) is 0 Å². The molecule has 1 aliphatic rings. The molecule has 1 aliphatic heterocycles. The third-order valence-corrected chi connectivity index (χ3v) is 5.82. The van der Waals surface area contributed by atoms with E-state index in [9.17, 15) is 9.59 Å². The van der Waals surface area contributed by atoms with Gasteiger partial charge in [-0.2, -0.15) is 0 Å². The average Bonchev–Trinajstić information content (AvgIpc) is 2.74. The van der Waals surface area contributed by atoms with Gasteiger partial charge in [-0.15, -0.1) is 0 Å². The Hall–Kier alpha value is -2.24. The van der Waals surface area contributed by atoms with Crippen LogP contribution in [0.5, 0.6) is 0 Å². The predicted molar refractivity (Wildman–Crippen MR) is 118 cm³/mol. The summed E-state index contributed by atoms with van der Waals surface area (Å²) in [5.41, 5.74) is 2.65. The maximum absolute atomic E-state index is 12.4. The van der Waals surface area contributed by atoms with Crippen molar-refractivity contribution in [2.75, 3.05) is 31.6 Å². The van der Waals surface area contributed by atoms with Crippen molar-refractivity contribution in [3.05, 3.63) is 63.6 Å². The van der Waals surface area contributed by atoms with Gasteiger partial charge in [0.1, 0.15) is 0 Å². The van der Waals surface area contributed by atoms with Crippen LogP contribution in [0, 0.1) is 0 Å². The second kappa shape index (κ2) is 9.99. The minimum atomic E-state index is -0.365. The Kier molecular flexibility index (Phi) is 7.40. The molecule has 0 aliphatic carbocycles. The molecule has 2 amide bonds. The number of rotatable bonds is 6. The molecule has 0 unspecified atom stereocenters. The molecule has 0 atom stereocenters. The van der Waals surface area contributed by atoms with Gasteiger partial charge in [0.15, 0.2) is 0 Å². The van der Waals surface area contributed by atoms with Crippen molar-refractivity contribution < 1.29 is 9.59 Å². The molecule has 5 nitrogen and oxygen atoms in total. The van der Waals surface area contributed by atoms with Crippen molar-refractivity contribution in [3.63, 3.8) is 0 Å². The van der Waals surface area contributed by atoms with Gasteiger partial charge in [-0.25, -0.2) is 0 Å². The fourth-order valence-electron chi connectivity index (χ4n) is 3.36. The molecule has 1 N–H and O–H groups in total. The largest absolute Gasteiger partial charge is 0.372 e.